The number of hydrogen-bond acceptors (Lipinski definition) is 6. The van der Waals surface area contributed by atoms with E-state index in [0.717, 1.165) is 5.56 Å². The van der Waals surface area contributed by atoms with Crippen LogP contribution < -0.4 is 11.5 Å². The van der Waals surface area contributed by atoms with Crippen molar-refractivity contribution in [3.8, 4) is 17.2 Å². The van der Waals surface area contributed by atoms with Crippen molar-refractivity contribution in [2.45, 2.75) is 0 Å². The number of carbonyl (C=O) groups is 1. The zero-order valence-electron chi connectivity index (χ0n) is 10.8. The molecule has 0 aliphatic rings. The summed E-state index contributed by atoms with van der Waals surface area (Å²) in [7, 11) is 0. The summed E-state index contributed by atoms with van der Waals surface area (Å²) in [6.45, 7) is 0. The van der Waals surface area contributed by atoms with Crippen molar-refractivity contribution in [3.63, 3.8) is 0 Å². The van der Waals surface area contributed by atoms with Gasteiger partial charge in [0.2, 0.25) is 0 Å². The van der Waals surface area contributed by atoms with Crippen LogP contribution in [-0.2, 0) is 0 Å². The van der Waals surface area contributed by atoms with Gasteiger partial charge in [-0.1, -0.05) is 12.1 Å². The number of benzene rings is 1. The average molecular weight is 281 g/mol. The van der Waals surface area contributed by atoms with Gasteiger partial charge in [-0.05, 0) is 24.3 Å². The van der Waals surface area contributed by atoms with E-state index < -0.39 is 5.91 Å². The summed E-state index contributed by atoms with van der Waals surface area (Å²) in [5.41, 5.74) is 12.4. The number of rotatable bonds is 3. The largest absolute Gasteiger partial charge is 0.399 e. The van der Waals surface area contributed by atoms with Crippen LogP contribution in [0.5, 0.6) is 0 Å². The lowest BCUT2D eigenvalue weighted by molar-refractivity contribution is 0.0994. The van der Waals surface area contributed by atoms with Gasteiger partial charge in [0.1, 0.15) is 6.33 Å². The highest BCUT2D eigenvalue weighted by molar-refractivity contribution is 5.90. The van der Waals surface area contributed by atoms with Crippen LogP contribution in [0.15, 0.2) is 42.7 Å². The van der Waals surface area contributed by atoms with E-state index in [4.69, 9.17) is 11.5 Å². The molecule has 0 fully saturated rings. The van der Waals surface area contributed by atoms with Crippen molar-refractivity contribution < 1.29 is 4.79 Å². The van der Waals surface area contributed by atoms with Crippen LogP contribution in [0.4, 0.5) is 5.69 Å². The summed E-state index contributed by atoms with van der Waals surface area (Å²) in [4.78, 5) is 15.1. The van der Waals surface area contributed by atoms with Gasteiger partial charge in [0.25, 0.3) is 5.91 Å². The second-order valence-corrected chi connectivity index (χ2v) is 4.28. The Morgan fingerprint density at radius 1 is 1.14 bits per heavy atom. The Morgan fingerprint density at radius 3 is 2.67 bits per heavy atom. The maximum atomic E-state index is 10.9. The standard InChI is InChI=1S/C13H11N7O/c14-9-3-1-2-8(6-9)13-16-7-20(19-13)11-5-4-10(12(15)21)17-18-11/h1-7H,14H2,(H2,15,21). The molecule has 104 valence electrons. The van der Waals surface area contributed by atoms with Crippen molar-refractivity contribution in [1.29, 1.82) is 0 Å². The lowest BCUT2D eigenvalue weighted by Gasteiger charge is -1.99. The van der Waals surface area contributed by atoms with Crippen LogP contribution in [-0.4, -0.2) is 30.9 Å². The van der Waals surface area contributed by atoms with Crippen LogP contribution in [0.25, 0.3) is 17.2 Å². The number of nitrogens with zero attached hydrogens (tertiary/aromatic N) is 5. The molecule has 0 atom stereocenters. The molecule has 8 nitrogen and oxygen atoms in total. The minimum atomic E-state index is -0.631. The first-order valence-corrected chi connectivity index (χ1v) is 6.05. The lowest BCUT2D eigenvalue weighted by atomic mass is 10.2. The Balaban J connectivity index is 1.93. The van der Waals surface area contributed by atoms with Gasteiger partial charge in [-0.2, -0.15) is 0 Å². The van der Waals surface area contributed by atoms with Gasteiger partial charge in [-0.15, -0.1) is 15.3 Å². The second kappa shape index (κ2) is 5.00. The molecule has 3 aromatic rings. The predicted octanol–water partition coefficient (Wildman–Crippen LogP) is 0.405. The van der Waals surface area contributed by atoms with Gasteiger partial charge in [0, 0.05) is 11.3 Å². The topological polar surface area (TPSA) is 126 Å². The predicted molar refractivity (Wildman–Crippen MR) is 75.3 cm³/mol. The normalized spacial score (nSPS) is 10.5. The molecule has 1 amide bonds. The molecule has 0 aliphatic carbocycles. The highest BCUT2D eigenvalue weighted by atomic mass is 16.1. The molecular weight excluding hydrogens is 270 g/mol. The Kier molecular flexibility index (Phi) is 3.03. The molecule has 3 rings (SSSR count). The van der Waals surface area contributed by atoms with Crippen LogP contribution in [0, 0.1) is 0 Å². The van der Waals surface area contributed by atoms with Crippen LogP contribution in [0.2, 0.25) is 0 Å². The summed E-state index contributed by atoms with van der Waals surface area (Å²) in [6.07, 6.45) is 1.51. The lowest BCUT2D eigenvalue weighted by Crippen LogP contribution is -2.14. The molecule has 0 spiro atoms. The van der Waals surface area contributed by atoms with E-state index in [2.05, 4.69) is 20.3 Å². The summed E-state index contributed by atoms with van der Waals surface area (Å²) < 4.78 is 1.45. The highest BCUT2D eigenvalue weighted by Gasteiger charge is 2.08. The molecule has 21 heavy (non-hydrogen) atoms. The summed E-state index contributed by atoms with van der Waals surface area (Å²) >= 11 is 0. The fourth-order valence-electron chi connectivity index (χ4n) is 1.76. The first-order valence-electron chi connectivity index (χ1n) is 6.05. The van der Waals surface area contributed by atoms with Crippen molar-refractivity contribution in [2.24, 2.45) is 5.73 Å². The smallest absolute Gasteiger partial charge is 0.269 e. The van der Waals surface area contributed by atoms with E-state index in [1.807, 2.05) is 12.1 Å². The number of hydrogen-bond donors (Lipinski definition) is 2. The van der Waals surface area contributed by atoms with Crippen molar-refractivity contribution in [1.82, 2.24) is 25.0 Å². The molecule has 0 saturated carbocycles. The summed E-state index contributed by atoms with van der Waals surface area (Å²) in [5.74, 6) is 0.318. The third-order valence-corrected chi connectivity index (χ3v) is 2.77. The van der Waals surface area contributed by atoms with E-state index in [0.29, 0.717) is 17.3 Å². The molecule has 0 radical (unpaired) electrons. The molecule has 1 aromatic carbocycles. The number of carbonyl (C=O) groups excluding carboxylic acids is 1. The number of aromatic nitrogens is 5. The van der Waals surface area contributed by atoms with Crippen molar-refractivity contribution >= 4 is 11.6 Å². The highest BCUT2D eigenvalue weighted by Crippen LogP contribution is 2.17. The molecule has 8 heteroatoms. The molecule has 2 heterocycles. The minimum Gasteiger partial charge on any atom is -0.399 e. The monoisotopic (exact) mass is 281 g/mol. The summed E-state index contributed by atoms with van der Waals surface area (Å²) in [6, 6.07) is 10.3. The van der Waals surface area contributed by atoms with Gasteiger partial charge in [0.15, 0.2) is 17.3 Å². The first-order chi connectivity index (χ1) is 10.1. The van der Waals surface area contributed by atoms with Crippen molar-refractivity contribution in [2.75, 3.05) is 5.73 Å². The third kappa shape index (κ3) is 2.54. The molecule has 0 unspecified atom stereocenters. The average Bonchev–Trinajstić information content (AvgIpc) is 2.97. The molecule has 2 aromatic heterocycles. The van der Waals surface area contributed by atoms with E-state index in [9.17, 15) is 4.79 Å². The van der Waals surface area contributed by atoms with Crippen LogP contribution in [0.1, 0.15) is 10.5 Å². The molecule has 4 N–H and O–H groups in total. The number of primary amides is 1. The first kappa shape index (κ1) is 12.7. The van der Waals surface area contributed by atoms with E-state index in [1.165, 1.54) is 17.1 Å². The van der Waals surface area contributed by atoms with Gasteiger partial charge < -0.3 is 11.5 Å². The Bertz CT molecular complexity index is 794. The number of nitrogen functional groups attached to an aromatic ring is 1. The fraction of sp³-hybridized carbons (Fsp3) is 0. The van der Waals surface area contributed by atoms with E-state index in [-0.39, 0.29) is 5.69 Å². The Labute approximate surface area is 119 Å². The van der Waals surface area contributed by atoms with Gasteiger partial charge in [-0.25, -0.2) is 9.67 Å². The molecule has 0 bridgehead atoms. The Morgan fingerprint density at radius 2 is 2.00 bits per heavy atom. The van der Waals surface area contributed by atoms with Gasteiger partial charge in [-0.3, -0.25) is 4.79 Å². The Hall–Kier alpha value is -3.29. The zero-order valence-corrected chi connectivity index (χ0v) is 10.8. The zero-order chi connectivity index (χ0) is 14.8. The molecular formula is C13H11N7O. The number of nitrogens with two attached hydrogens (primary N) is 2. The van der Waals surface area contributed by atoms with E-state index >= 15 is 0 Å². The summed E-state index contributed by atoms with van der Waals surface area (Å²) in [5, 5.41) is 11.9. The van der Waals surface area contributed by atoms with Gasteiger partial charge >= 0.3 is 0 Å². The maximum absolute atomic E-state index is 10.9. The molecule has 0 aliphatic heterocycles. The fourth-order valence-corrected chi connectivity index (χ4v) is 1.76. The maximum Gasteiger partial charge on any atom is 0.269 e. The second-order valence-electron chi connectivity index (χ2n) is 4.28. The van der Waals surface area contributed by atoms with Crippen LogP contribution >= 0.6 is 0 Å². The SMILES string of the molecule is NC(=O)c1ccc(-n2cnc(-c3cccc(N)c3)n2)nn1. The van der Waals surface area contributed by atoms with Crippen LogP contribution in [0.3, 0.4) is 0 Å². The minimum absolute atomic E-state index is 0.0925. The quantitative estimate of drug-likeness (QED) is 0.669. The van der Waals surface area contributed by atoms with Crippen molar-refractivity contribution in [3.05, 3.63) is 48.4 Å². The van der Waals surface area contributed by atoms with E-state index in [1.54, 1.807) is 18.2 Å². The van der Waals surface area contributed by atoms with Gasteiger partial charge in [0.05, 0.1) is 0 Å². The number of amides is 1. The molecule has 0 saturated heterocycles. The number of anilines is 1. The third-order valence-electron chi connectivity index (χ3n) is 2.77.